The van der Waals surface area contributed by atoms with E-state index in [1.807, 2.05) is 0 Å². The van der Waals surface area contributed by atoms with Crippen molar-refractivity contribution in [3.63, 3.8) is 0 Å². The van der Waals surface area contributed by atoms with E-state index in [-0.39, 0.29) is 5.97 Å². The molecule has 0 amide bonds. The predicted molar refractivity (Wildman–Crippen MR) is 95.0 cm³/mol. The average molecular weight is 314 g/mol. The molecule has 132 valence electrons. The number of carbonyl (C=O) groups is 1. The van der Waals surface area contributed by atoms with Crippen LogP contribution in [0.3, 0.4) is 0 Å². The van der Waals surface area contributed by atoms with E-state index in [2.05, 4.69) is 25.7 Å². The molecule has 0 heterocycles. The summed E-state index contributed by atoms with van der Waals surface area (Å²) in [6.45, 7) is 8.75. The molecule has 0 aliphatic rings. The Kier molecular flexibility index (Phi) is 16.4. The van der Waals surface area contributed by atoms with Crippen molar-refractivity contribution in [1.82, 2.24) is 4.90 Å². The van der Waals surface area contributed by atoms with Gasteiger partial charge in [0.05, 0.1) is 0 Å². The number of unbranched alkanes of at least 4 members (excludes halogenated alkanes) is 10. The molecule has 0 N–H and O–H groups in total. The minimum absolute atomic E-state index is 0.0391. The molecule has 0 spiro atoms. The highest BCUT2D eigenvalue weighted by molar-refractivity contribution is 5.69. The molecule has 0 bridgehead atoms. The Morgan fingerprint density at radius 3 is 1.64 bits per heavy atom. The van der Waals surface area contributed by atoms with E-state index < -0.39 is 0 Å². The first-order valence-electron chi connectivity index (χ1n) is 9.62. The molecular weight excluding hydrogens is 274 g/mol. The van der Waals surface area contributed by atoms with Crippen LogP contribution in [0.15, 0.2) is 0 Å². The van der Waals surface area contributed by atoms with Crippen molar-refractivity contribution in [3.8, 4) is 0 Å². The van der Waals surface area contributed by atoms with Crippen molar-refractivity contribution in [2.75, 3.05) is 19.8 Å². The van der Waals surface area contributed by atoms with E-state index in [9.17, 15) is 4.79 Å². The maximum atomic E-state index is 11.6. The molecule has 0 saturated heterocycles. The lowest BCUT2D eigenvalue weighted by Crippen LogP contribution is -2.27. The van der Waals surface area contributed by atoms with E-state index in [0.29, 0.717) is 13.2 Å². The van der Waals surface area contributed by atoms with Crippen molar-refractivity contribution in [2.45, 2.75) is 97.8 Å². The summed E-state index contributed by atoms with van der Waals surface area (Å²) >= 11 is 0. The topological polar surface area (TPSA) is 29.5 Å². The van der Waals surface area contributed by atoms with Crippen molar-refractivity contribution in [3.05, 3.63) is 0 Å². The van der Waals surface area contributed by atoms with Crippen LogP contribution in [-0.4, -0.2) is 30.7 Å². The monoisotopic (exact) mass is 313 g/mol. The molecule has 0 fully saturated rings. The second-order valence-corrected chi connectivity index (χ2v) is 6.23. The van der Waals surface area contributed by atoms with E-state index in [1.165, 1.54) is 57.8 Å². The van der Waals surface area contributed by atoms with Crippen LogP contribution in [0.4, 0.5) is 0 Å². The van der Waals surface area contributed by atoms with Crippen LogP contribution in [0, 0.1) is 0 Å². The molecular formula is C19H39NO2. The fraction of sp³-hybridized carbons (Fsp3) is 0.947. The normalized spacial score (nSPS) is 11.1. The number of rotatable bonds is 16. The highest BCUT2D eigenvalue weighted by atomic mass is 16.5. The van der Waals surface area contributed by atoms with Gasteiger partial charge in [0.15, 0.2) is 0 Å². The van der Waals surface area contributed by atoms with Gasteiger partial charge in [-0.25, -0.2) is 0 Å². The van der Waals surface area contributed by atoms with E-state index in [4.69, 9.17) is 4.74 Å². The van der Waals surface area contributed by atoms with Gasteiger partial charge in [-0.3, -0.25) is 9.69 Å². The minimum atomic E-state index is -0.0391. The van der Waals surface area contributed by atoms with Gasteiger partial charge in [-0.05, 0) is 19.5 Å². The Balaban J connectivity index is 3.23. The lowest BCUT2D eigenvalue weighted by atomic mass is 10.1. The lowest BCUT2D eigenvalue weighted by Gasteiger charge is -2.17. The van der Waals surface area contributed by atoms with E-state index in [0.717, 1.165) is 25.9 Å². The van der Waals surface area contributed by atoms with Gasteiger partial charge in [-0.1, -0.05) is 85.0 Å². The highest BCUT2D eigenvalue weighted by Crippen LogP contribution is 2.12. The number of hydrogen-bond acceptors (Lipinski definition) is 3. The standard InChI is InChI=1S/C19H39NO2/c1-4-7-8-9-10-11-12-13-14-15-16-17-19(21)22-18-20(5-2)6-3/h4-18H2,1-3H3. The van der Waals surface area contributed by atoms with Gasteiger partial charge < -0.3 is 4.74 Å². The number of hydrogen-bond donors (Lipinski definition) is 0. The summed E-state index contributed by atoms with van der Waals surface area (Å²) in [7, 11) is 0. The van der Waals surface area contributed by atoms with Gasteiger partial charge >= 0.3 is 5.97 Å². The smallest absolute Gasteiger partial charge is 0.307 e. The largest absolute Gasteiger partial charge is 0.449 e. The van der Waals surface area contributed by atoms with Gasteiger partial charge in [-0.15, -0.1) is 0 Å². The Hall–Kier alpha value is -0.570. The SMILES string of the molecule is CCCCCCCCCCCCCC(=O)OCN(CC)CC. The molecule has 0 aliphatic heterocycles. The molecule has 0 aliphatic carbocycles. The highest BCUT2D eigenvalue weighted by Gasteiger charge is 2.05. The zero-order valence-electron chi connectivity index (χ0n) is 15.4. The van der Waals surface area contributed by atoms with Gasteiger partial charge in [0.2, 0.25) is 0 Å². The van der Waals surface area contributed by atoms with E-state index >= 15 is 0 Å². The molecule has 3 nitrogen and oxygen atoms in total. The number of carbonyl (C=O) groups excluding carboxylic acids is 1. The van der Waals surface area contributed by atoms with Crippen LogP contribution in [-0.2, 0) is 9.53 Å². The van der Waals surface area contributed by atoms with Crippen molar-refractivity contribution in [2.24, 2.45) is 0 Å². The summed E-state index contributed by atoms with van der Waals surface area (Å²) in [5.74, 6) is -0.0391. The first-order valence-corrected chi connectivity index (χ1v) is 9.62. The molecule has 0 atom stereocenters. The summed E-state index contributed by atoms with van der Waals surface area (Å²) in [5.41, 5.74) is 0. The quantitative estimate of drug-likeness (QED) is 0.213. The third-order valence-electron chi connectivity index (χ3n) is 4.29. The Morgan fingerprint density at radius 1 is 0.727 bits per heavy atom. The van der Waals surface area contributed by atoms with Gasteiger partial charge in [0.1, 0.15) is 6.73 Å². The summed E-state index contributed by atoms with van der Waals surface area (Å²) in [6, 6.07) is 0. The number of ether oxygens (including phenoxy) is 1. The van der Waals surface area contributed by atoms with Gasteiger partial charge in [-0.2, -0.15) is 0 Å². The summed E-state index contributed by atoms with van der Waals surface area (Å²) in [6.07, 6.45) is 15.0. The molecule has 0 unspecified atom stereocenters. The third kappa shape index (κ3) is 14.4. The summed E-state index contributed by atoms with van der Waals surface area (Å²) in [5, 5.41) is 0. The molecule has 0 aromatic heterocycles. The predicted octanol–water partition coefficient (Wildman–Crippen LogP) is 5.53. The van der Waals surface area contributed by atoms with Gasteiger partial charge in [0, 0.05) is 6.42 Å². The van der Waals surface area contributed by atoms with Gasteiger partial charge in [0.25, 0.3) is 0 Å². The Morgan fingerprint density at radius 2 is 1.18 bits per heavy atom. The van der Waals surface area contributed by atoms with Crippen LogP contribution in [0.2, 0.25) is 0 Å². The fourth-order valence-electron chi connectivity index (χ4n) is 2.58. The second kappa shape index (κ2) is 16.8. The third-order valence-corrected chi connectivity index (χ3v) is 4.29. The molecule has 22 heavy (non-hydrogen) atoms. The Bertz CT molecular complexity index is 240. The molecule has 0 aromatic carbocycles. The zero-order chi connectivity index (χ0) is 16.5. The van der Waals surface area contributed by atoms with E-state index in [1.54, 1.807) is 0 Å². The molecule has 0 saturated carbocycles. The molecule has 0 rings (SSSR count). The minimum Gasteiger partial charge on any atom is -0.449 e. The number of nitrogens with zero attached hydrogens (tertiary/aromatic N) is 1. The van der Waals surface area contributed by atoms with Crippen molar-refractivity contribution in [1.29, 1.82) is 0 Å². The summed E-state index contributed by atoms with van der Waals surface area (Å²) in [4.78, 5) is 13.7. The zero-order valence-corrected chi connectivity index (χ0v) is 15.4. The average Bonchev–Trinajstić information content (AvgIpc) is 2.53. The van der Waals surface area contributed by atoms with Crippen LogP contribution in [0.25, 0.3) is 0 Å². The maximum absolute atomic E-state index is 11.6. The van der Waals surface area contributed by atoms with Crippen molar-refractivity contribution >= 4 is 5.97 Å². The fourth-order valence-corrected chi connectivity index (χ4v) is 2.58. The first-order chi connectivity index (χ1) is 10.7. The number of esters is 1. The van der Waals surface area contributed by atoms with Crippen LogP contribution < -0.4 is 0 Å². The first kappa shape index (κ1) is 21.4. The molecule has 0 aromatic rings. The van der Waals surface area contributed by atoms with Crippen LogP contribution >= 0.6 is 0 Å². The molecule has 0 radical (unpaired) electrons. The molecule has 3 heteroatoms. The lowest BCUT2D eigenvalue weighted by molar-refractivity contribution is -0.148. The summed E-state index contributed by atoms with van der Waals surface area (Å²) < 4.78 is 5.26. The van der Waals surface area contributed by atoms with Crippen molar-refractivity contribution < 1.29 is 9.53 Å². The Labute approximate surface area is 138 Å². The second-order valence-electron chi connectivity index (χ2n) is 6.23. The maximum Gasteiger partial charge on any atom is 0.307 e. The van der Waals surface area contributed by atoms with Crippen LogP contribution in [0.1, 0.15) is 97.8 Å². The van der Waals surface area contributed by atoms with Crippen LogP contribution in [0.5, 0.6) is 0 Å².